The first-order valence-electron chi connectivity index (χ1n) is 9.10. The molecule has 1 N–H and O–H groups in total. The molecule has 1 saturated heterocycles. The average molecular weight is 365 g/mol. The van der Waals surface area contributed by atoms with Crippen LogP contribution in [-0.4, -0.2) is 50.3 Å². The number of ether oxygens (including phenoxy) is 2. The molecule has 1 aliphatic heterocycles. The Morgan fingerprint density at radius 1 is 1.19 bits per heavy atom. The Kier molecular flexibility index (Phi) is 6.66. The summed E-state index contributed by atoms with van der Waals surface area (Å²) in [6, 6.07) is 16.7. The van der Waals surface area contributed by atoms with Crippen molar-refractivity contribution in [3.63, 3.8) is 0 Å². The van der Waals surface area contributed by atoms with Crippen LogP contribution in [0.4, 0.5) is 5.69 Å². The fourth-order valence-corrected chi connectivity index (χ4v) is 2.83. The lowest BCUT2D eigenvalue weighted by Crippen LogP contribution is -2.40. The molecule has 27 heavy (non-hydrogen) atoms. The van der Waals surface area contributed by atoms with Crippen LogP contribution in [0.25, 0.3) is 0 Å². The van der Waals surface area contributed by atoms with Crippen molar-refractivity contribution in [1.29, 1.82) is 5.26 Å². The summed E-state index contributed by atoms with van der Waals surface area (Å²) < 4.78 is 11.0. The number of amides is 1. The first-order chi connectivity index (χ1) is 13.3. The molecule has 3 rings (SSSR count). The molecule has 6 nitrogen and oxygen atoms in total. The van der Waals surface area contributed by atoms with Gasteiger partial charge in [-0.25, -0.2) is 0 Å². The van der Waals surface area contributed by atoms with Crippen LogP contribution < -0.4 is 10.1 Å². The van der Waals surface area contributed by atoms with Crippen LogP contribution in [0.3, 0.4) is 0 Å². The summed E-state index contributed by atoms with van der Waals surface area (Å²) in [6.45, 7) is 3.80. The lowest BCUT2D eigenvalue weighted by molar-refractivity contribution is 0.0303. The molecular weight excluding hydrogens is 342 g/mol. The largest absolute Gasteiger partial charge is 0.494 e. The number of rotatable bonds is 7. The maximum absolute atomic E-state index is 12.5. The first kappa shape index (κ1) is 18.7. The molecule has 0 atom stereocenters. The second-order valence-corrected chi connectivity index (χ2v) is 6.25. The van der Waals surface area contributed by atoms with Gasteiger partial charge in [0.05, 0.1) is 31.5 Å². The highest BCUT2D eigenvalue weighted by Crippen LogP contribution is 2.14. The van der Waals surface area contributed by atoms with E-state index < -0.39 is 0 Å². The number of morpholine rings is 1. The summed E-state index contributed by atoms with van der Waals surface area (Å²) in [6.07, 6.45) is 0.821. The number of hydrogen-bond acceptors (Lipinski definition) is 5. The highest BCUT2D eigenvalue weighted by Gasteiger charge is 2.18. The molecule has 1 fully saturated rings. The Bertz CT molecular complexity index is 793. The molecule has 0 bridgehead atoms. The van der Waals surface area contributed by atoms with Crippen molar-refractivity contribution in [3.8, 4) is 11.8 Å². The fourth-order valence-electron chi connectivity index (χ4n) is 2.83. The van der Waals surface area contributed by atoms with Gasteiger partial charge in [-0.3, -0.25) is 4.79 Å². The van der Waals surface area contributed by atoms with Crippen LogP contribution in [0.2, 0.25) is 0 Å². The number of benzene rings is 2. The molecule has 0 aliphatic carbocycles. The monoisotopic (exact) mass is 365 g/mol. The Balaban J connectivity index is 1.43. The van der Waals surface area contributed by atoms with Crippen LogP contribution in [0.5, 0.6) is 5.75 Å². The molecule has 0 radical (unpaired) electrons. The zero-order chi connectivity index (χ0) is 18.9. The lowest BCUT2D eigenvalue weighted by Gasteiger charge is -2.27. The predicted molar refractivity (Wildman–Crippen MR) is 103 cm³/mol. The van der Waals surface area contributed by atoms with Gasteiger partial charge in [0.2, 0.25) is 0 Å². The zero-order valence-electron chi connectivity index (χ0n) is 15.2. The fraction of sp³-hybridized carbons (Fsp3) is 0.333. The van der Waals surface area contributed by atoms with Crippen molar-refractivity contribution >= 4 is 11.6 Å². The third kappa shape index (κ3) is 5.47. The number of anilines is 1. The third-order valence-corrected chi connectivity index (χ3v) is 4.31. The van der Waals surface area contributed by atoms with Crippen molar-refractivity contribution in [1.82, 2.24) is 4.90 Å². The van der Waals surface area contributed by atoms with E-state index in [1.165, 1.54) is 0 Å². The SMILES string of the molecule is N#Cc1ccc(OCCCNc2cccc(C(=O)N3CCOCC3)c2)cc1. The maximum atomic E-state index is 12.5. The highest BCUT2D eigenvalue weighted by molar-refractivity contribution is 5.95. The van der Waals surface area contributed by atoms with Gasteiger partial charge in [-0.05, 0) is 48.9 Å². The molecule has 0 unspecified atom stereocenters. The molecule has 0 aromatic heterocycles. The Labute approximate surface area is 159 Å². The molecule has 140 valence electrons. The van der Waals surface area contributed by atoms with Crippen LogP contribution in [0.1, 0.15) is 22.3 Å². The van der Waals surface area contributed by atoms with Gasteiger partial charge in [0.1, 0.15) is 5.75 Å². The van der Waals surface area contributed by atoms with Crippen LogP contribution >= 0.6 is 0 Å². The van der Waals surface area contributed by atoms with E-state index in [-0.39, 0.29) is 5.91 Å². The summed E-state index contributed by atoms with van der Waals surface area (Å²) in [5.74, 6) is 0.804. The van der Waals surface area contributed by atoms with E-state index in [0.29, 0.717) is 44.0 Å². The van der Waals surface area contributed by atoms with E-state index in [4.69, 9.17) is 14.7 Å². The summed E-state index contributed by atoms with van der Waals surface area (Å²) >= 11 is 0. The number of nitrogens with zero attached hydrogens (tertiary/aromatic N) is 2. The smallest absolute Gasteiger partial charge is 0.254 e. The van der Waals surface area contributed by atoms with Gasteiger partial charge in [0.15, 0.2) is 0 Å². The predicted octanol–water partition coefficient (Wildman–Crippen LogP) is 2.91. The van der Waals surface area contributed by atoms with Crippen LogP contribution in [0.15, 0.2) is 48.5 Å². The Morgan fingerprint density at radius 3 is 2.70 bits per heavy atom. The van der Waals surface area contributed by atoms with Gasteiger partial charge in [-0.15, -0.1) is 0 Å². The minimum absolute atomic E-state index is 0.0473. The van der Waals surface area contributed by atoms with Gasteiger partial charge < -0.3 is 19.7 Å². The van der Waals surface area contributed by atoms with E-state index in [1.54, 1.807) is 24.3 Å². The summed E-state index contributed by atoms with van der Waals surface area (Å²) in [7, 11) is 0. The van der Waals surface area contributed by atoms with E-state index in [1.807, 2.05) is 29.2 Å². The first-order valence-corrected chi connectivity index (χ1v) is 9.10. The Morgan fingerprint density at radius 2 is 1.96 bits per heavy atom. The van der Waals surface area contributed by atoms with Crippen LogP contribution in [-0.2, 0) is 4.74 Å². The highest BCUT2D eigenvalue weighted by atomic mass is 16.5. The average Bonchev–Trinajstić information content (AvgIpc) is 2.74. The molecule has 2 aromatic carbocycles. The third-order valence-electron chi connectivity index (χ3n) is 4.31. The van der Waals surface area contributed by atoms with Crippen molar-refractivity contribution < 1.29 is 14.3 Å². The minimum atomic E-state index is 0.0473. The van der Waals surface area contributed by atoms with Gasteiger partial charge in [0.25, 0.3) is 5.91 Å². The molecule has 1 heterocycles. The Hall–Kier alpha value is -3.04. The van der Waals surface area contributed by atoms with Gasteiger partial charge in [0, 0.05) is 30.9 Å². The second-order valence-electron chi connectivity index (χ2n) is 6.25. The summed E-state index contributed by atoms with van der Waals surface area (Å²) in [5, 5.41) is 12.1. The standard InChI is InChI=1S/C21H23N3O3/c22-16-17-5-7-20(8-6-17)27-12-2-9-23-19-4-1-3-18(15-19)21(25)24-10-13-26-14-11-24/h1,3-8,15,23H,2,9-14H2. The molecule has 2 aromatic rings. The molecule has 6 heteroatoms. The van der Waals surface area contributed by atoms with E-state index >= 15 is 0 Å². The molecule has 1 amide bonds. The van der Waals surface area contributed by atoms with Gasteiger partial charge in [-0.1, -0.05) is 6.07 Å². The van der Waals surface area contributed by atoms with E-state index in [0.717, 1.165) is 24.4 Å². The summed E-state index contributed by atoms with van der Waals surface area (Å²) in [5.41, 5.74) is 2.23. The van der Waals surface area contributed by atoms with Gasteiger partial charge in [-0.2, -0.15) is 5.26 Å². The number of nitriles is 1. The van der Waals surface area contributed by atoms with Crippen molar-refractivity contribution in [2.75, 3.05) is 44.8 Å². The van der Waals surface area contributed by atoms with Gasteiger partial charge >= 0.3 is 0 Å². The van der Waals surface area contributed by atoms with Crippen molar-refractivity contribution in [2.45, 2.75) is 6.42 Å². The van der Waals surface area contributed by atoms with E-state index in [9.17, 15) is 4.79 Å². The second kappa shape index (κ2) is 9.60. The zero-order valence-corrected chi connectivity index (χ0v) is 15.2. The lowest BCUT2D eigenvalue weighted by atomic mass is 10.1. The topological polar surface area (TPSA) is 74.6 Å². The number of hydrogen-bond donors (Lipinski definition) is 1. The molecular formula is C21H23N3O3. The number of carbonyl (C=O) groups excluding carboxylic acids is 1. The molecule has 1 aliphatic rings. The van der Waals surface area contributed by atoms with Crippen molar-refractivity contribution in [2.24, 2.45) is 0 Å². The number of carbonyl (C=O) groups is 1. The van der Waals surface area contributed by atoms with E-state index in [2.05, 4.69) is 11.4 Å². The normalized spacial score (nSPS) is 13.7. The molecule has 0 spiro atoms. The quantitative estimate of drug-likeness (QED) is 0.764. The summed E-state index contributed by atoms with van der Waals surface area (Å²) in [4.78, 5) is 14.4. The molecule has 0 saturated carbocycles. The van der Waals surface area contributed by atoms with Crippen LogP contribution in [0, 0.1) is 11.3 Å². The number of nitrogens with one attached hydrogen (secondary N) is 1. The van der Waals surface area contributed by atoms with Crippen molar-refractivity contribution in [3.05, 3.63) is 59.7 Å². The minimum Gasteiger partial charge on any atom is -0.494 e. The maximum Gasteiger partial charge on any atom is 0.254 e.